The predicted molar refractivity (Wildman–Crippen MR) is 60.6 cm³/mol. The van der Waals surface area contributed by atoms with E-state index in [1.165, 1.54) is 12.3 Å². The van der Waals surface area contributed by atoms with Crippen LogP contribution in [0.25, 0.3) is 0 Å². The lowest BCUT2D eigenvalue weighted by atomic mass is 10.1. The van der Waals surface area contributed by atoms with Crippen molar-refractivity contribution in [2.24, 2.45) is 0 Å². The van der Waals surface area contributed by atoms with E-state index in [1.54, 1.807) is 6.07 Å². The third kappa shape index (κ3) is 3.05. The van der Waals surface area contributed by atoms with Gasteiger partial charge in [0.05, 0.1) is 6.20 Å². The number of rotatable bonds is 2. The van der Waals surface area contributed by atoms with E-state index in [1.807, 2.05) is 4.90 Å². The molecule has 0 unspecified atom stereocenters. The molecule has 2 N–H and O–H groups in total. The second-order valence-electron chi connectivity index (χ2n) is 4.05. The van der Waals surface area contributed by atoms with Gasteiger partial charge in [-0.2, -0.15) is 0 Å². The van der Waals surface area contributed by atoms with Crippen LogP contribution in [-0.4, -0.2) is 35.3 Å². The number of piperidine rings is 1. The lowest BCUT2D eigenvalue weighted by molar-refractivity contribution is 0.187. The van der Waals surface area contributed by atoms with Crippen LogP contribution in [0.15, 0.2) is 18.3 Å². The van der Waals surface area contributed by atoms with Crippen LogP contribution in [-0.2, 0) is 0 Å². The molecule has 0 saturated carbocycles. The molecule has 0 aliphatic carbocycles. The molecule has 0 spiro atoms. The van der Waals surface area contributed by atoms with Gasteiger partial charge in [0.2, 0.25) is 0 Å². The molecule has 0 bridgehead atoms. The van der Waals surface area contributed by atoms with Gasteiger partial charge in [-0.25, -0.2) is 14.2 Å². The highest BCUT2D eigenvalue weighted by atomic mass is 19.1. The van der Waals surface area contributed by atoms with Crippen molar-refractivity contribution < 1.29 is 14.3 Å². The first-order chi connectivity index (χ1) is 8.15. The standard InChI is InChI=1S/C11H14FN3O2/c12-8-1-2-10(13-7-8)15-5-3-9(4-6-15)14-11(16)17/h1-2,7,9,14H,3-6H2,(H,16,17). The smallest absolute Gasteiger partial charge is 0.404 e. The van der Waals surface area contributed by atoms with Crippen LogP contribution in [0.5, 0.6) is 0 Å². The van der Waals surface area contributed by atoms with Crippen molar-refractivity contribution in [2.75, 3.05) is 18.0 Å². The van der Waals surface area contributed by atoms with E-state index in [4.69, 9.17) is 5.11 Å². The Balaban J connectivity index is 1.90. The lowest BCUT2D eigenvalue weighted by Gasteiger charge is -2.32. The van der Waals surface area contributed by atoms with Crippen molar-refractivity contribution in [1.29, 1.82) is 0 Å². The number of nitrogens with zero attached hydrogens (tertiary/aromatic N) is 2. The Kier molecular flexibility index (Phi) is 3.41. The first-order valence-corrected chi connectivity index (χ1v) is 5.51. The summed E-state index contributed by atoms with van der Waals surface area (Å²) in [4.78, 5) is 16.5. The zero-order chi connectivity index (χ0) is 12.3. The first-order valence-electron chi connectivity index (χ1n) is 5.51. The summed E-state index contributed by atoms with van der Waals surface area (Å²) in [5.74, 6) is 0.386. The quantitative estimate of drug-likeness (QED) is 0.820. The van der Waals surface area contributed by atoms with Gasteiger partial charge in [-0.1, -0.05) is 0 Å². The van der Waals surface area contributed by atoms with E-state index in [9.17, 15) is 9.18 Å². The van der Waals surface area contributed by atoms with Gasteiger partial charge in [0, 0.05) is 19.1 Å². The van der Waals surface area contributed by atoms with Crippen LogP contribution in [0.1, 0.15) is 12.8 Å². The third-order valence-electron chi connectivity index (χ3n) is 2.86. The summed E-state index contributed by atoms with van der Waals surface area (Å²) < 4.78 is 12.7. The summed E-state index contributed by atoms with van der Waals surface area (Å²) in [5, 5.41) is 11.1. The Hall–Kier alpha value is -1.85. The second kappa shape index (κ2) is 4.99. The van der Waals surface area contributed by atoms with Crippen molar-refractivity contribution in [2.45, 2.75) is 18.9 Å². The number of hydrogen-bond acceptors (Lipinski definition) is 3. The Labute approximate surface area is 98.3 Å². The SMILES string of the molecule is O=C(O)NC1CCN(c2ccc(F)cn2)CC1. The van der Waals surface area contributed by atoms with E-state index >= 15 is 0 Å². The molecule has 1 fully saturated rings. The Bertz CT molecular complexity index is 388. The van der Waals surface area contributed by atoms with Crippen LogP contribution in [0.3, 0.4) is 0 Å². The molecule has 1 amide bonds. The fourth-order valence-corrected chi connectivity index (χ4v) is 1.98. The summed E-state index contributed by atoms with van der Waals surface area (Å²) in [5.41, 5.74) is 0. The number of halogens is 1. The zero-order valence-electron chi connectivity index (χ0n) is 9.27. The maximum atomic E-state index is 12.7. The number of aromatic nitrogens is 1. The maximum Gasteiger partial charge on any atom is 0.404 e. The predicted octanol–water partition coefficient (Wildman–Crippen LogP) is 1.46. The normalized spacial score (nSPS) is 16.9. The number of hydrogen-bond donors (Lipinski definition) is 2. The summed E-state index contributed by atoms with van der Waals surface area (Å²) in [6.07, 6.45) is 1.69. The van der Waals surface area contributed by atoms with Crippen LogP contribution in [0, 0.1) is 5.82 Å². The number of anilines is 1. The summed E-state index contributed by atoms with van der Waals surface area (Å²) in [6.45, 7) is 1.45. The Morgan fingerprint density at radius 1 is 1.47 bits per heavy atom. The fourth-order valence-electron chi connectivity index (χ4n) is 1.98. The summed E-state index contributed by atoms with van der Waals surface area (Å²) >= 11 is 0. The molecule has 1 aliphatic rings. The summed E-state index contributed by atoms with van der Waals surface area (Å²) in [7, 11) is 0. The van der Waals surface area contributed by atoms with Crippen LogP contribution >= 0.6 is 0 Å². The van der Waals surface area contributed by atoms with E-state index in [2.05, 4.69) is 10.3 Å². The Morgan fingerprint density at radius 3 is 2.71 bits per heavy atom. The van der Waals surface area contributed by atoms with Crippen molar-refractivity contribution in [3.63, 3.8) is 0 Å². The molecule has 5 nitrogen and oxygen atoms in total. The van der Waals surface area contributed by atoms with E-state index in [-0.39, 0.29) is 11.9 Å². The number of amides is 1. The molecule has 17 heavy (non-hydrogen) atoms. The van der Waals surface area contributed by atoms with Gasteiger partial charge < -0.3 is 15.3 Å². The average Bonchev–Trinajstić information content (AvgIpc) is 2.30. The molecule has 0 radical (unpaired) electrons. The minimum atomic E-state index is -0.983. The minimum absolute atomic E-state index is 0.00389. The van der Waals surface area contributed by atoms with Gasteiger partial charge >= 0.3 is 6.09 Å². The molecule has 0 atom stereocenters. The molecule has 1 aromatic heterocycles. The van der Waals surface area contributed by atoms with Crippen molar-refractivity contribution in [1.82, 2.24) is 10.3 Å². The van der Waals surface area contributed by atoms with Crippen molar-refractivity contribution in [3.05, 3.63) is 24.1 Å². The average molecular weight is 239 g/mol. The van der Waals surface area contributed by atoms with Gasteiger partial charge in [-0.3, -0.25) is 0 Å². The molecule has 92 valence electrons. The Morgan fingerprint density at radius 2 is 2.18 bits per heavy atom. The highest BCUT2D eigenvalue weighted by Gasteiger charge is 2.21. The maximum absolute atomic E-state index is 12.7. The molecule has 2 heterocycles. The third-order valence-corrected chi connectivity index (χ3v) is 2.86. The fraction of sp³-hybridized carbons (Fsp3) is 0.455. The molecule has 1 aromatic rings. The van der Waals surface area contributed by atoms with Crippen LogP contribution in [0.4, 0.5) is 15.0 Å². The molecular weight excluding hydrogens is 225 g/mol. The largest absolute Gasteiger partial charge is 0.465 e. The second-order valence-corrected chi connectivity index (χ2v) is 4.05. The van der Waals surface area contributed by atoms with E-state index < -0.39 is 6.09 Å². The molecular formula is C11H14FN3O2. The minimum Gasteiger partial charge on any atom is -0.465 e. The van der Waals surface area contributed by atoms with Crippen LogP contribution in [0.2, 0.25) is 0 Å². The van der Waals surface area contributed by atoms with Gasteiger partial charge in [0.25, 0.3) is 0 Å². The molecule has 1 saturated heterocycles. The number of nitrogens with one attached hydrogen (secondary N) is 1. The molecule has 6 heteroatoms. The van der Waals surface area contributed by atoms with E-state index in [0.717, 1.165) is 31.7 Å². The van der Waals surface area contributed by atoms with Gasteiger partial charge in [-0.15, -0.1) is 0 Å². The van der Waals surface area contributed by atoms with Crippen molar-refractivity contribution in [3.8, 4) is 0 Å². The van der Waals surface area contributed by atoms with Crippen molar-refractivity contribution >= 4 is 11.9 Å². The zero-order valence-corrected chi connectivity index (χ0v) is 9.27. The lowest BCUT2D eigenvalue weighted by Crippen LogP contribution is -2.44. The van der Waals surface area contributed by atoms with Gasteiger partial charge in [-0.05, 0) is 25.0 Å². The first kappa shape index (κ1) is 11.6. The highest BCUT2D eigenvalue weighted by molar-refractivity contribution is 5.64. The highest BCUT2D eigenvalue weighted by Crippen LogP contribution is 2.17. The topological polar surface area (TPSA) is 65.5 Å². The number of carboxylic acid groups (broad SMARTS) is 1. The molecule has 1 aliphatic heterocycles. The van der Waals surface area contributed by atoms with Gasteiger partial charge in [0.15, 0.2) is 0 Å². The number of carbonyl (C=O) groups is 1. The van der Waals surface area contributed by atoms with E-state index in [0.29, 0.717) is 0 Å². The number of pyridine rings is 1. The van der Waals surface area contributed by atoms with Gasteiger partial charge in [0.1, 0.15) is 11.6 Å². The summed E-state index contributed by atoms with van der Waals surface area (Å²) in [6, 6.07) is 3.02. The van der Waals surface area contributed by atoms with Crippen LogP contribution < -0.4 is 10.2 Å². The monoisotopic (exact) mass is 239 g/mol. The molecule has 2 rings (SSSR count). The molecule has 0 aromatic carbocycles.